The summed E-state index contributed by atoms with van der Waals surface area (Å²) >= 11 is 0. The van der Waals surface area contributed by atoms with Crippen molar-refractivity contribution in [2.45, 2.75) is 24.8 Å². The summed E-state index contributed by atoms with van der Waals surface area (Å²) in [6, 6.07) is 2.34. The Morgan fingerprint density at radius 2 is 2.00 bits per heavy atom. The predicted molar refractivity (Wildman–Crippen MR) is 56.2 cm³/mol. The minimum absolute atomic E-state index is 0.0667. The summed E-state index contributed by atoms with van der Waals surface area (Å²) in [6.45, 7) is 0. The van der Waals surface area contributed by atoms with Gasteiger partial charge in [-0.3, -0.25) is 4.79 Å². The van der Waals surface area contributed by atoms with Crippen molar-refractivity contribution in [2.24, 2.45) is 0 Å². The first-order chi connectivity index (χ1) is 8.82. The molecule has 1 aliphatic rings. The lowest BCUT2D eigenvalue weighted by Crippen LogP contribution is -2.51. The number of hydrogen-bond acceptors (Lipinski definition) is 3. The van der Waals surface area contributed by atoms with Gasteiger partial charge in [-0.25, -0.2) is 4.39 Å². The number of carbonyl (C=O) groups is 1. The zero-order chi connectivity index (χ0) is 14.2. The maximum absolute atomic E-state index is 13.0. The molecule has 0 aliphatic heterocycles. The van der Waals surface area contributed by atoms with Gasteiger partial charge >= 0.3 is 6.18 Å². The molecule has 0 amide bonds. The highest BCUT2D eigenvalue weighted by atomic mass is 19.4. The molecule has 0 heterocycles. The minimum atomic E-state index is -4.79. The van der Waals surface area contributed by atoms with E-state index in [1.54, 1.807) is 0 Å². The third-order valence-electron chi connectivity index (χ3n) is 2.84. The van der Waals surface area contributed by atoms with Crippen LogP contribution in [0.3, 0.4) is 0 Å². The zero-order valence-electron chi connectivity index (χ0n) is 9.83. The Labute approximate surface area is 106 Å². The highest BCUT2D eigenvalue weighted by molar-refractivity contribution is 5.90. The maximum Gasteiger partial charge on any atom is 0.419 e. The Kier molecular flexibility index (Phi) is 3.49. The number of alkyl halides is 3. The molecule has 1 aromatic rings. The van der Waals surface area contributed by atoms with Crippen LogP contribution in [0.15, 0.2) is 18.2 Å². The van der Waals surface area contributed by atoms with Gasteiger partial charge in [0.15, 0.2) is 11.9 Å². The maximum atomic E-state index is 13.0. The molecule has 0 bridgehead atoms. The van der Waals surface area contributed by atoms with Gasteiger partial charge in [0.05, 0.1) is 5.56 Å². The van der Waals surface area contributed by atoms with Gasteiger partial charge in [-0.05, 0) is 18.2 Å². The van der Waals surface area contributed by atoms with E-state index in [0.29, 0.717) is 12.1 Å². The van der Waals surface area contributed by atoms with Gasteiger partial charge in [-0.15, -0.1) is 0 Å². The lowest BCUT2D eigenvalue weighted by molar-refractivity contribution is -0.151. The summed E-state index contributed by atoms with van der Waals surface area (Å²) < 4.78 is 60.6. The molecule has 1 aliphatic carbocycles. The van der Waals surface area contributed by atoms with Gasteiger partial charge in [-0.2, -0.15) is 13.2 Å². The number of carbonyl (C=O) groups excluding carboxylic acids is 1. The van der Waals surface area contributed by atoms with Crippen LogP contribution in [-0.4, -0.2) is 25.1 Å². The normalized spacial score (nSPS) is 23.1. The Balaban J connectivity index is 2.16. The molecule has 2 rings (SSSR count). The average molecular weight is 278 g/mol. The number of ether oxygens (including phenoxy) is 2. The monoisotopic (exact) mass is 278 g/mol. The quantitative estimate of drug-likeness (QED) is 0.797. The zero-order valence-corrected chi connectivity index (χ0v) is 9.83. The second kappa shape index (κ2) is 4.80. The Morgan fingerprint density at radius 3 is 2.53 bits per heavy atom. The molecule has 0 spiro atoms. The molecule has 3 nitrogen and oxygen atoms in total. The van der Waals surface area contributed by atoms with Gasteiger partial charge < -0.3 is 9.47 Å². The lowest BCUT2D eigenvalue weighted by Gasteiger charge is -2.33. The Bertz CT molecular complexity index is 498. The standard InChI is InChI=1S/C12H10F4O3/c1-18-11-9(17)5-10(11)19-6-2-3-8(13)7(4-6)12(14,15)16/h2-4,10-11H,5H2,1H3. The molecule has 1 saturated carbocycles. The van der Waals surface area contributed by atoms with Gasteiger partial charge in [0.25, 0.3) is 0 Å². The van der Waals surface area contributed by atoms with Crippen LogP contribution >= 0.6 is 0 Å². The molecule has 1 aromatic carbocycles. The molecule has 0 N–H and O–H groups in total. The fourth-order valence-electron chi connectivity index (χ4n) is 1.82. The van der Waals surface area contributed by atoms with Crippen LogP contribution in [0, 0.1) is 5.82 Å². The van der Waals surface area contributed by atoms with E-state index in [2.05, 4.69) is 0 Å². The molecular formula is C12H10F4O3. The number of methoxy groups -OCH3 is 1. The molecule has 2 atom stereocenters. The van der Waals surface area contributed by atoms with E-state index in [1.807, 2.05) is 0 Å². The molecule has 1 fully saturated rings. The largest absolute Gasteiger partial charge is 0.487 e. The van der Waals surface area contributed by atoms with E-state index in [4.69, 9.17) is 9.47 Å². The van der Waals surface area contributed by atoms with Gasteiger partial charge in [0, 0.05) is 13.5 Å². The van der Waals surface area contributed by atoms with E-state index < -0.39 is 29.8 Å². The topological polar surface area (TPSA) is 35.5 Å². The number of ketones is 1. The second-order valence-corrected chi connectivity index (χ2v) is 4.12. The summed E-state index contributed by atoms with van der Waals surface area (Å²) in [5.41, 5.74) is -1.40. The van der Waals surface area contributed by atoms with Crippen LogP contribution in [0.4, 0.5) is 17.6 Å². The first-order valence-electron chi connectivity index (χ1n) is 5.42. The SMILES string of the molecule is COC1C(=O)CC1Oc1ccc(F)c(C(F)(F)F)c1. The predicted octanol–water partition coefficient (Wildman–Crippen LogP) is 2.58. The van der Waals surface area contributed by atoms with Gasteiger partial charge in [0.2, 0.25) is 0 Å². The molecule has 7 heteroatoms. The molecule has 0 aromatic heterocycles. The van der Waals surface area contributed by atoms with Crippen molar-refractivity contribution >= 4 is 5.78 Å². The van der Waals surface area contributed by atoms with Crippen LogP contribution in [-0.2, 0) is 15.7 Å². The highest BCUT2D eigenvalue weighted by Gasteiger charge is 2.42. The van der Waals surface area contributed by atoms with Crippen molar-refractivity contribution in [1.82, 2.24) is 0 Å². The molecule has 0 radical (unpaired) electrons. The molecule has 2 unspecified atom stereocenters. The molecular weight excluding hydrogens is 268 g/mol. The van der Waals surface area contributed by atoms with Crippen LogP contribution in [0.25, 0.3) is 0 Å². The number of rotatable bonds is 3. The summed E-state index contributed by atoms with van der Waals surface area (Å²) in [6.07, 6.45) is -6.14. The van der Waals surface area contributed by atoms with Crippen LogP contribution in [0.2, 0.25) is 0 Å². The second-order valence-electron chi connectivity index (χ2n) is 4.12. The summed E-state index contributed by atoms with van der Waals surface area (Å²) in [4.78, 5) is 11.1. The van der Waals surface area contributed by atoms with Crippen molar-refractivity contribution in [2.75, 3.05) is 7.11 Å². The third kappa shape index (κ3) is 2.70. The van der Waals surface area contributed by atoms with Crippen molar-refractivity contribution in [3.8, 4) is 5.75 Å². The van der Waals surface area contributed by atoms with E-state index >= 15 is 0 Å². The fourth-order valence-corrected chi connectivity index (χ4v) is 1.82. The smallest absolute Gasteiger partial charge is 0.419 e. The molecule has 19 heavy (non-hydrogen) atoms. The summed E-state index contributed by atoms with van der Waals surface area (Å²) in [7, 11) is 1.31. The number of Topliss-reactive ketones (excluding diaryl/α,β-unsaturated/α-hetero) is 1. The van der Waals surface area contributed by atoms with Gasteiger partial charge in [0.1, 0.15) is 17.7 Å². The summed E-state index contributed by atoms with van der Waals surface area (Å²) in [5, 5.41) is 0. The van der Waals surface area contributed by atoms with Crippen LogP contribution < -0.4 is 4.74 Å². The highest BCUT2D eigenvalue weighted by Crippen LogP contribution is 2.34. The van der Waals surface area contributed by atoms with Crippen molar-refractivity contribution in [3.05, 3.63) is 29.6 Å². The molecule has 104 valence electrons. The first-order valence-corrected chi connectivity index (χ1v) is 5.42. The Hall–Kier alpha value is -1.63. The average Bonchev–Trinajstić information content (AvgIpc) is 2.29. The van der Waals surface area contributed by atoms with E-state index in [-0.39, 0.29) is 18.0 Å². The van der Waals surface area contributed by atoms with Crippen LogP contribution in [0.5, 0.6) is 5.75 Å². The van der Waals surface area contributed by atoms with Crippen molar-refractivity contribution in [1.29, 1.82) is 0 Å². The Morgan fingerprint density at radius 1 is 1.32 bits per heavy atom. The van der Waals surface area contributed by atoms with E-state index in [0.717, 1.165) is 6.07 Å². The van der Waals surface area contributed by atoms with Gasteiger partial charge in [-0.1, -0.05) is 0 Å². The van der Waals surface area contributed by atoms with Crippen molar-refractivity contribution < 1.29 is 31.8 Å². The van der Waals surface area contributed by atoms with Crippen LogP contribution in [0.1, 0.15) is 12.0 Å². The lowest BCUT2D eigenvalue weighted by atomic mass is 9.90. The number of hydrogen-bond donors (Lipinski definition) is 0. The number of halogens is 4. The van der Waals surface area contributed by atoms with Crippen molar-refractivity contribution in [3.63, 3.8) is 0 Å². The van der Waals surface area contributed by atoms with E-state index in [9.17, 15) is 22.4 Å². The summed E-state index contributed by atoms with van der Waals surface area (Å²) in [5.74, 6) is -1.69. The first kappa shape index (κ1) is 13.8. The minimum Gasteiger partial charge on any atom is -0.487 e. The third-order valence-corrected chi connectivity index (χ3v) is 2.84. The number of benzene rings is 1. The van der Waals surface area contributed by atoms with E-state index in [1.165, 1.54) is 7.11 Å². The molecule has 0 saturated heterocycles. The fraction of sp³-hybridized carbons (Fsp3) is 0.417.